The Kier molecular flexibility index (Phi) is 4.52. The maximum absolute atomic E-state index is 10.6. The second kappa shape index (κ2) is 5.47. The fourth-order valence-electron chi connectivity index (χ4n) is 1.15. The van der Waals surface area contributed by atoms with E-state index in [4.69, 9.17) is 0 Å². The van der Waals surface area contributed by atoms with Crippen molar-refractivity contribution in [2.75, 3.05) is 5.32 Å². The fourth-order valence-corrected chi connectivity index (χ4v) is 1.80. The molecular formula is C11H15IN2O2. The third kappa shape index (κ3) is 3.33. The summed E-state index contributed by atoms with van der Waals surface area (Å²) < 4.78 is 0.874. The molecule has 0 aromatic heterocycles. The van der Waals surface area contributed by atoms with E-state index in [1.54, 1.807) is 12.1 Å². The molecule has 0 bridgehead atoms. The largest absolute Gasteiger partial charge is 0.381 e. The first-order chi connectivity index (χ1) is 7.41. The SMILES string of the molecule is CC(C)C(C)Nc1ccc([N+](=O)[O-])cc1I. The summed E-state index contributed by atoms with van der Waals surface area (Å²) in [6, 6.07) is 5.21. The molecule has 0 saturated carbocycles. The second-order valence-corrected chi connectivity index (χ2v) is 5.26. The number of anilines is 1. The average molecular weight is 334 g/mol. The molecule has 0 radical (unpaired) electrons. The van der Waals surface area contributed by atoms with Crippen LogP contribution in [0.15, 0.2) is 18.2 Å². The molecular weight excluding hydrogens is 319 g/mol. The van der Waals surface area contributed by atoms with Crippen LogP contribution in [0, 0.1) is 19.6 Å². The normalized spacial score (nSPS) is 12.6. The predicted molar refractivity (Wildman–Crippen MR) is 73.7 cm³/mol. The van der Waals surface area contributed by atoms with Crippen LogP contribution in [0.2, 0.25) is 0 Å². The summed E-state index contributed by atoms with van der Waals surface area (Å²) in [5.41, 5.74) is 1.08. The minimum absolute atomic E-state index is 0.132. The molecule has 1 N–H and O–H groups in total. The molecule has 0 fully saturated rings. The first-order valence-corrected chi connectivity index (χ1v) is 6.20. The summed E-state index contributed by atoms with van der Waals surface area (Å²) in [5.74, 6) is 0.519. The smallest absolute Gasteiger partial charge is 0.270 e. The molecule has 0 heterocycles. The molecule has 0 amide bonds. The van der Waals surface area contributed by atoms with Gasteiger partial charge in [0.25, 0.3) is 5.69 Å². The van der Waals surface area contributed by atoms with Gasteiger partial charge in [0.15, 0.2) is 0 Å². The van der Waals surface area contributed by atoms with Gasteiger partial charge in [-0.05, 0) is 41.5 Å². The van der Waals surface area contributed by atoms with Gasteiger partial charge < -0.3 is 5.32 Å². The Labute approximate surface area is 109 Å². The number of hydrogen-bond donors (Lipinski definition) is 1. The molecule has 0 aliphatic rings. The van der Waals surface area contributed by atoms with Gasteiger partial charge in [0.05, 0.1) is 4.92 Å². The molecule has 1 unspecified atom stereocenters. The van der Waals surface area contributed by atoms with Crippen molar-refractivity contribution in [2.24, 2.45) is 5.92 Å². The van der Waals surface area contributed by atoms with Gasteiger partial charge in [-0.15, -0.1) is 0 Å². The topological polar surface area (TPSA) is 55.2 Å². The molecule has 1 aromatic rings. The molecule has 0 spiro atoms. The van der Waals surface area contributed by atoms with Crippen molar-refractivity contribution >= 4 is 34.0 Å². The van der Waals surface area contributed by atoms with E-state index in [1.807, 2.05) is 0 Å². The van der Waals surface area contributed by atoms with Crippen LogP contribution in [-0.4, -0.2) is 11.0 Å². The number of nitrogens with zero attached hydrogens (tertiary/aromatic N) is 1. The Balaban J connectivity index is 2.87. The summed E-state index contributed by atoms with van der Waals surface area (Å²) >= 11 is 2.11. The minimum Gasteiger partial charge on any atom is -0.381 e. The van der Waals surface area contributed by atoms with Crippen LogP contribution in [0.25, 0.3) is 0 Å². The summed E-state index contributed by atoms with van der Waals surface area (Å²) in [4.78, 5) is 10.2. The number of benzene rings is 1. The lowest BCUT2D eigenvalue weighted by molar-refractivity contribution is -0.384. The van der Waals surface area contributed by atoms with E-state index in [0.717, 1.165) is 9.26 Å². The zero-order valence-corrected chi connectivity index (χ0v) is 11.7. The standard InChI is InChI=1S/C11H15IN2O2/c1-7(2)8(3)13-11-5-4-9(14(15)16)6-10(11)12/h4-8,13H,1-3H3. The molecule has 0 aliphatic heterocycles. The van der Waals surface area contributed by atoms with Gasteiger partial charge in [-0.3, -0.25) is 10.1 Å². The van der Waals surface area contributed by atoms with Crippen LogP contribution in [0.5, 0.6) is 0 Å². The van der Waals surface area contributed by atoms with Crippen LogP contribution < -0.4 is 5.32 Å². The molecule has 16 heavy (non-hydrogen) atoms. The molecule has 88 valence electrons. The zero-order chi connectivity index (χ0) is 12.3. The number of nitro groups is 1. The third-order valence-electron chi connectivity index (χ3n) is 2.55. The number of nitrogens with one attached hydrogen (secondary N) is 1. The van der Waals surface area contributed by atoms with E-state index in [-0.39, 0.29) is 10.6 Å². The zero-order valence-electron chi connectivity index (χ0n) is 9.53. The van der Waals surface area contributed by atoms with Crippen molar-refractivity contribution in [1.82, 2.24) is 0 Å². The molecule has 1 atom stereocenters. The highest BCUT2D eigenvalue weighted by molar-refractivity contribution is 14.1. The number of nitro benzene ring substituents is 1. The minimum atomic E-state index is -0.377. The van der Waals surface area contributed by atoms with E-state index >= 15 is 0 Å². The lowest BCUT2D eigenvalue weighted by Gasteiger charge is -2.19. The summed E-state index contributed by atoms with van der Waals surface area (Å²) in [5, 5.41) is 13.9. The monoisotopic (exact) mass is 334 g/mol. The van der Waals surface area contributed by atoms with Gasteiger partial charge in [0.2, 0.25) is 0 Å². The van der Waals surface area contributed by atoms with Crippen molar-refractivity contribution in [1.29, 1.82) is 0 Å². The van der Waals surface area contributed by atoms with Crippen molar-refractivity contribution in [2.45, 2.75) is 26.8 Å². The van der Waals surface area contributed by atoms with Crippen LogP contribution in [0.4, 0.5) is 11.4 Å². The number of non-ortho nitro benzene ring substituents is 1. The molecule has 0 saturated heterocycles. The molecule has 5 heteroatoms. The highest BCUT2D eigenvalue weighted by Gasteiger charge is 2.12. The molecule has 4 nitrogen and oxygen atoms in total. The van der Waals surface area contributed by atoms with E-state index < -0.39 is 0 Å². The highest BCUT2D eigenvalue weighted by atomic mass is 127. The second-order valence-electron chi connectivity index (χ2n) is 4.10. The average Bonchev–Trinajstić information content (AvgIpc) is 2.20. The van der Waals surface area contributed by atoms with Crippen LogP contribution in [0.3, 0.4) is 0 Å². The Bertz CT molecular complexity index is 394. The summed E-state index contributed by atoms with van der Waals surface area (Å²) in [6.07, 6.45) is 0. The molecule has 1 aromatic carbocycles. The predicted octanol–water partition coefficient (Wildman–Crippen LogP) is 3.66. The van der Waals surface area contributed by atoms with Crippen molar-refractivity contribution in [3.63, 3.8) is 0 Å². The number of halogens is 1. The quantitative estimate of drug-likeness (QED) is 0.519. The lowest BCUT2D eigenvalue weighted by Crippen LogP contribution is -2.21. The first kappa shape index (κ1) is 13.2. The van der Waals surface area contributed by atoms with Gasteiger partial charge in [-0.2, -0.15) is 0 Å². The van der Waals surface area contributed by atoms with Crippen LogP contribution in [0.1, 0.15) is 20.8 Å². The summed E-state index contributed by atoms with van der Waals surface area (Å²) in [7, 11) is 0. The number of rotatable bonds is 4. The Morgan fingerprint density at radius 2 is 2.00 bits per heavy atom. The van der Waals surface area contributed by atoms with E-state index in [1.165, 1.54) is 6.07 Å². The molecule has 0 aliphatic carbocycles. The van der Waals surface area contributed by atoms with Gasteiger partial charge in [-0.25, -0.2) is 0 Å². The highest BCUT2D eigenvalue weighted by Crippen LogP contribution is 2.24. The van der Waals surface area contributed by atoms with E-state index in [0.29, 0.717) is 12.0 Å². The van der Waals surface area contributed by atoms with E-state index in [9.17, 15) is 10.1 Å². The van der Waals surface area contributed by atoms with Crippen LogP contribution in [-0.2, 0) is 0 Å². The maximum Gasteiger partial charge on any atom is 0.270 e. The molecule has 1 rings (SSSR count). The first-order valence-electron chi connectivity index (χ1n) is 5.12. The van der Waals surface area contributed by atoms with E-state index in [2.05, 4.69) is 48.7 Å². The Morgan fingerprint density at radius 3 is 2.44 bits per heavy atom. The van der Waals surface area contributed by atoms with Gasteiger partial charge in [0, 0.05) is 27.4 Å². The summed E-state index contributed by atoms with van der Waals surface area (Å²) in [6.45, 7) is 6.37. The van der Waals surface area contributed by atoms with Crippen LogP contribution >= 0.6 is 22.6 Å². The number of hydrogen-bond acceptors (Lipinski definition) is 3. The van der Waals surface area contributed by atoms with Gasteiger partial charge in [0.1, 0.15) is 0 Å². The third-order valence-corrected chi connectivity index (χ3v) is 3.44. The van der Waals surface area contributed by atoms with Gasteiger partial charge >= 0.3 is 0 Å². The fraction of sp³-hybridized carbons (Fsp3) is 0.455. The lowest BCUT2D eigenvalue weighted by atomic mass is 10.1. The van der Waals surface area contributed by atoms with Crippen molar-refractivity contribution < 1.29 is 4.92 Å². The van der Waals surface area contributed by atoms with Crippen molar-refractivity contribution in [3.05, 3.63) is 31.9 Å². The van der Waals surface area contributed by atoms with Gasteiger partial charge in [-0.1, -0.05) is 13.8 Å². The van der Waals surface area contributed by atoms with Crippen molar-refractivity contribution in [3.8, 4) is 0 Å². The maximum atomic E-state index is 10.6. The Morgan fingerprint density at radius 1 is 1.38 bits per heavy atom. The Hall–Kier alpha value is -0.850.